The summed E-state index contributed by atoms with van der Waals surface area (Å²) in [5.74, 6) is -1.24. The maximum Gasteiger partial charge on any atom is 0.313 e. The van der Waals surface area contributed by atoms with Crippen LogP contribution in [0.2, 0.25) is 0 Å². The number of anilines is 1. The average molecular weight is 448 g/mol. The van der Waals surface area contributed by atoms with Gasteiger partial charge in [0.25, 0.3) is 0 Å². The molecule has 0 bridgehead atoms. The van der Waals surface area contributed by atoms with Crippen LogP contribution in [0.3, 0.4) is 0 Å². The topological polar surface area (TPSA) is 61.4 Å². The first-order chi connectivity index (χ1) is 15.4. The van der Waals surface area contributed by atoms with E-state index in [0.717, 1.165) is 36.2 Å². The first kappa shape index (κ1) is 22.2. The van der Waals surface area contributed by atoms with Crippen molar-refractivity contribution in [2.75, 3.05) is 18.4 Å². The molecule has 1 aromatic heterocycles. The molecule has 2 N–H and O–H groups in total. The van der Waals surface area contributed by atoms with Crippen molar-refractivity contribution in [1.82, 2.24) is 10.2 Å². The van der Waals surface area contributed by atoms with E-state index in [1.807, 2.05) is 39.0 Å². The highest BCUT2D eigenvalue weighted by molar-refractivity contribution is 7.10. The average Bonchev–Trinajstić information content (AvgIpc) is 3.30. The molecule has 32 heavy (non-hydrogen) atoms. The van der Waals surface area contributed by atoms with Crippen molar-refractivity contribution in [3.05, 3.63) is 86.6 Å². The highest BCUT2D eigenvalue weighted by Gasteiger charge is 2.27. The van der Waals surface area contributed by atoms with Gasteiger partial charge in [0, 0.05) is 30.2 Å². The molecule has 0 saturated heterocycles. The standard InChI is InChI=1S/C26H29N3O2S/c1-17-13-18(2)24(19(3)14-17)28-26(31)25(30)27-15-22(23-9-6-12-32-23)29-11-10-20-7-4-5-8-21(20)16-29/h4-9,12-14,22H,10-11,15-16H2,1-3H3,(H,27,30)(H,28,31)/t22-/m1/s1. The van der Waals surface area contributed by atoms with E-state index in [2.05, 4.69) is 51.2 Å². The number of benzene rings is 2. The molecule has 0 spiro atoms. The molecule has 5 nitrogen and oxygen atoms in total. The number of rotatable bonds is 5. The number of aryl methyl sites for hydroxylation is 3. The minimum Gasteiger partial charge on any atom is -0.346 e. The molecular formula is C26H29N3O2S. The van der Waals surface area contributed by atoms with Crippen LogP contribution in [0.1, 0.15) is 38.7 Å². The molecule has 4 rings (SSSR count). The first-order valence-corrected chi connectivity index (χ1v) is 11.8. The lowest BCUT2D eigenvalue weighted by molar-refractivity contribution is -0.136. The molecule has 166 valence electrons. The Morgan fingerprint density at radius 2 is 1.72 bits per heavy atom. The lowest BCUT2D eigenvalue weighted by atomic mass is 9.98. The quantitative estimate of drug-likeness (QED) is 0.565. The van der Waals surface area contributed by atoms with Crippen LogP contribution >= 0.6 is 11.3 Å². The largest absolute Gasteiger partial charge is 0.346 e. The lowest BCUT2D eigenvalue weighted by Crippen LogP contribution is -2.43. The fraction of sp³-hybridized carbons (Fsp3) is 0.308. The van der Waals surface area contributed by atoms with Crippen molar-refractivity contribution in [3.63, 3.8) is 0 Å². The first-order valence-electron chi connectivity index (χ1n) is 10.9. The van der Waals surface area contributed by atoms with Gasteiger partial charge in [-0.25, -0.2) is 0 Å². The van der Waals surface area contributed by atoms with Gasteiger partial charge in [-0.2, -0.15) is 0 Å². The molecular weight excluding hydrogens is 418 g/mol. The number of nitrogens with zero attached hydrogens (tertiary/aromatic N) is 1. The van der Waals surface area contributed by atoms with Gasteiger partial charge in [0.1, 0.15) is 0 Å². The molecule has 1 aliphatic rings. The van der Waals surface area contributed by atoms with Gasteiger partial charge in [0.15, 0.2) is 0 Å². The molecule has 0 saturated carbocycles. The van der Waals surface area contributed by atoms with Gasteiger partial charge >= 0.3 is 11.8 Å². The molecule has 0 radical (unpaired) electrons. The summed E-state index contributed by atoms with van der Waals surface area (Å²) in [5.41, 5.74) is 6.46. The Kier molecular flexibility index (Phi) is 6.72. The second-order valence-electron chi connectivity index (χ2n) is 8.46. The summed E-state index contributed by atoms with van der Waals surface area (Å²) in [4.78, 5) is 28.8. The second-order valence-corrected chi connectivity index (χ2v) is 9.44. The van der Waals surface area contributed by atoms with Crippen LogP contribution in [0, 0.1) is 20.8 Å². The van der Waals surface area contributed by atoms with Crippen molar-refractivity contribution in [1.29, 1.82) is 0 Å². The number of nitrogens with one attached hydrogen (secondary N) is 2. The number of carbonyl (C=O) groups is 2. The molecule has 6 heteroatoms. The Labute approximate surface area is 193 Å². The third kappa shape index (κ3) is 4.92. The number of amides is 2. The number of fused-ring (bicyclic) bond motifs is 1. The zero-order valence-electron chi connectivity index (χ0n) is 18.8. The fourth-order valence-corrected chi connectivity index (χ4v) is 5.35. The molecule has 2 amide bonds. The van der Waals surface area contributed by atoms with Crippen molar-refractivity contribution < 1.29 is 9.59 Å². The second kappa shape index (κ2) is 9.67. The van der Waals surface area contributed by atoms with Crippen molar-refractivity contribution in [2.24, 2.45) is 0 Å². The van der Waals surface area contributed by atoms with Gasteiger partial charge in [-0.3, -0.25) is 14.5 Å². The minimum atomic E-state index is -0.631. The zero-order valence-corrected chi connectivity index (χ0v) is 19.6. The third-order valence-corrected chi connectivity index (χ3v) is 7.02. The summed E-state index contributed by atoms with van der Waals surface area (Å²) in [6.45, 7) is 8.04. The summed E-state index contributed by atoms with van der Waals surface area (Å²) in [6, 6.07) is 16.7. The fourth-order valence-electron chi connectivity index (χ4n) is 4.49. The van der Waals surface area contributed by atoms with E-state index >= 15 is 0 Å². The Balaban J connectivity index is 1.44. The maximum absolute atomic E-state index is 12.7. The molecule has 1 aliphatic heterocycles. The van der Waals surface area contributed by atoms with Gasteiger partial charge in [-0.1, -0.05) is 48.0 Å². The smallest absolute Gasteiger partial charge is 0.313 e. The number of carbonyl (C=O) groups excluding carboxylic acids is 2. The van der Waals surface area contributed by atoms with Crippen LogP contribution in [0.25, 0.3) is 0 Å². The van der Waals surface area contributed by atoms with Crippen LogP contribution in [0.4, 0.5) is 5.69 Å². The van der Waals surface area contributed by atoms with Crippen molar-refractivity contribution in [2.45, 2.75) is 39.8 Å². The van der Waals surface area contributed by atoms with Gasteiger partial charge in [0.2, 0.25) is 0 Å². The van der Waals surface area contributed by atoms with Crippen LogP contribution in [-0.4, -0.2) is 29.8 Å². The Morgan fingerprint density at radius 3 is 2.41 bits per heavy atom. The highest BCUT2D eigenvalue weighted by Crippen LogP contribution is 2.30. The Bertz CT molecular complexity index is 1100. The summed E-state index contributed by atoms with van der Waals surface area (Å²) in [7, 11) is 0. The molecule has 0 aliphatic carbocycles. The van der Waals surface area contributed by atoms with Gasteiger partial charge in [0.05, 0.1) is 6.04 Å². The highest BCUT2D eigenvalue weighted by atomic mass is 32.1. The van der Waals surface area contributed by atoms with E-state index in [1.54, 1.807) is 11.3 Å². The number of hydrogen-bond acceptors (Lipinski definition) is 4. The lowest BCUT2D eigenvalue weighted by Gasteiger charge is -2.35. The molecule has 0 unspecified atom stereocenters. The monoisotopic (exact) mass is 447 g/mol. The van der Waals surface area contributed by atoms with E-state index in [1.165, 1.54) is 16.0 Å². The molecule has 3 aromatic rings. The van der Waals surface area contributed by atoms with E-state index in [9.17, 15) is 9.59 Å². The van der Waals surface area contributed by atoms with Gasteiger partial charge in [-0.15, -0.1) is 11.3 Å². The van der Waals surface area contributed by atoms with E-state index < -0.39 is 11.8 Å². The summed E-state index contributed by atoms with van der Waals surface area (Å²) in [6.07, 6.45) is 0.985. The van der Waals surface area contributed by atoms with E-state index in [4.69, 9.17) is 0 Å². The van der Waals surface area contributed by atoms with E-state index in [-0.39, 0.29) is 6.04 Å². The van der Waals surface area contributed by atoms with Crippen LogP contribution in [-0.2, 0) is 22.6 Å². The maximum atomic E-state index is 12.7. The van der Waals surface area contributed by atoms with Crippen LogP contribution in [0.15, 0.2) is 53.9 Å². The molecule has 0 fully saturated rings. The van der Waals surface area contributed by atoms with Crippen molar-refractivity contribution in [3.8, 4) is 0 Å². The number of hydrogen-bond donors (Lipinski definition) is 2. The van der Waals surface area contributed by atoms with Crippen molar-refractivity contribution >= 4 is 28.8 Å². The SMILES string of the molecule is Cc1cc(C)c(NC(=O)C(=O)NC[C@H](c2cccs2)N2CCc3ccccc3C2)c(C)c1. The normalized spacial score (nSPS) is 14.5. The zero-order chi connectivity index (χ0) is 22.7. The van der Waals surface area contributed by atoms with E-state index in [0.29, 0.717) is 12.2 Å². The predicted octanol–water partition coefficient (Wildman–Crippen LogP) is 4.53. The van der Waals surface area contributed by atoms with Gasteiger partial charge in [-0.05, 0) is 60.9 Å². The van der Waals surface area contributed by atoms with Crippen LogP contribution < -0.4 is 10.6 Å². The summed E-state index contributed by atoms with van der Waals surface area (Å²) in [5, 5.41) is 7.72. The number of thiophene rings is 1. The van der Waals surface area contributed by atoms with Crippen LogP contribution in [0.5, 0.6) is 0 Å². The molecule has 1 atom stereocenters. The third-order valence-electron chi connectivity index (χ3n) is 6.05. The Hall–Kier alpha value is -2.96. The minimum absolute atomic E-state index is 0.0305. The Morgan fingerprint density at radius 1 is 1.00 bits per heavy atom. The summed E-state index contributed by atoms with van der Waals surface area (Å²) >= 11 is 1.68. The summed E-state index contributed by atoms with van der Waals surface area (Å²) < 4.78 is 0. The molecule has 2 aromatic carbocycles. The molecule has 2 heterocycles. The van der Waals surface area contributed by atoms with Gasteiger partial charge < -0.3 is 10.6 Å². The predicted molar refractivity (Wildman–Crippen MR) is 130 cm³/mol.